The Morgan fingerprint density at radius 1 is 1.04 bits per heavy atom. The van der Waals surface area contributed by atoms with E-state index in [1.165, 1.54) is 29.2 Å². The maximum atomic E-state index is 12.3. The first-order valence-corrected chi connectivity index (χ1v) is 9.46. The maximum absolute atomic E-state index is 12.3. The average molecular weight is 399 g/mol. The van der Waals surface area contributed by atoms with Crippen molar-refractivity contribution < 1.29 is 13.2 Å². The highest BCUT2D eigenvalue weighted by atomic mass is 35.5. The van der Waals surface area contributed by atoms with Crippen LogP contribution in [-0.4, -0.2) is 33.3 Å². The number of sulfonamides is 1. The van der Waals surface area contributed by atoms with Crippen molar-refractivity contribution in [1.29, 1.82) is 0 Å². The van der Waals surface area contributed by atoms with E-state index in [4.69, 9.17) is 23.2 Å². The van der Waals surface area contributed by atoms with Crippen LogP contribution in [0, 0.1) is 0 Å². The van der Waals surface area contributed by atoms with Crippen molar-refractivity contribution in [3.05, 3.63) is 69.0 Å². The van der Waals surface area contributed by atoms with Crippen LogP contribution in [0.2, 0.25) is 10.0 Å². The minimum absolute atomic E-state index is 0.118. The van der Waals surface area contributed by atoms with Gasteiger partial charge in [-0.2, -0.15) is 0 Å². The number of carbonyl (C=O) groups is 1. The molecule has 5 nitrogen and oxygen atoms in total. The Labute approximate surface area is 156 Å². The van der Waals surface area contributed by atoms with Gasteiger partial charge in [-0.15, -0.1) is 0 Å². The molecular formula is C17H16Cl2N2O3S. The Bertz CT molecular complexity index is 908. The standard InChI is InChI=1S/C17H16Cl2N2O3S/c1-21(2)17(22)15-8-7-14(19)11-16(15)20-25(23,24)10-9-12-3-5-13(18)6-4-12/h3-11,20H,1-2H3/b10-9+. The zero-order valence-corrected chi connectivity index (χ0v) is 15.9. The molecule has 0 saturated heterocycles. The lowest BCUT2D eigenvalue weighted by Gasteiger charge is -2.15. The van der Waals surface area contributed by atoms with Crippen molar-refractivity contribution in [2.45, 2.75) is 0 Å². The van der Waals surface area contributed by atoms with E-state index in [9.17, 15) is 13.2 Å². The van der Waals surface area contributed by atoms with E-state index in [-0.39, 0.29) is 17.2 Å². The van der Waals surface area contributed by atoms with Gasteiger partial charge in [-0.05, 0) is 42.0 Å². The second kappa shape index (κ2) is 7.91. The number of rotatable bonds is 5. The molecule has 2 aromatic carbocycles. The third-order valence-corrected chi connectivity index (χ3v) is 4.67. The number of halogens is 2. The molecule has 25 heavy (non-hydrogen) atoms. The third-order valence-electron chi connectivity index (χ3n) is 3.18. The molecule has 0 aromatic heterocycles. The largest absolute Gasteiger partial charge is 0.345 e. The van der Waals surface area contributed by atoms with Gasteiger partial charge in [0, 0.05) is 24.1 Å². The first-order chi connectivity index (χ1) is 11.7. The number of benzene rings is 2. The van der Waals surface area contributed by atoms with Gasteiger partial charge in [-0.1, -0.05) is 35.3 Å². The lowest BCUT2D eigenvalue weighted by molar-refractivity contribution is 0.0828. The Morgan fingerprint density at radius 2 is 1.64 bits per heavy atom. The van der Waals surface area contributed by atoms with Gasteiger partial charge in [-0.3, -0.25) is 9.52 Å². The molecule has 0 fully saturated rings. The van der Waals surface area contributed by atoms with Crippen LogP contribution in [0.1, 0.15) is 15.9 Å². The van der Waals surface area contributed by atoms with E-state index in [0.717, 1.165) is 5.41 Å². The first-order valence-electron chi connectivity index (χ1n) is 7.15. The number of carbonyl (C=O) groups excluding carboxylic acids is 1. The second-order valence-electron chi connectivity index (χ2n) is 5.39. The van der Waals surface area contributed by atoms with Gasteiger partial charge >= 0.3 is 0 Å². The van der Waals surface area contributed by atoms with Gasteiger partial charge in [-0.25, -0.2) is 8.42 Å². The molecule has 8 heteroatoms. The number of anilines is 1. The summed E-state index contributed by atoms with van der Waals surface area (Å²) < 4.78 is 27.0. The summed E-state index contributed by atoms with van der Waals surface area (Å²) >= 11 is 11.7. The minimum atomic E-state index is -3.83. The number of nitrogens with one attached hydrogen (secondary N) is 1. The quantitative estimate of drug-likeness (QED) is 0.823. The molecule has 0 saturated carbocycles. The molecule has 0 radical (unpaired) electrons. The number of hydrogen-bond donors (Lipinski definition) is 1. The molecule has 132 valence electrons. The van der Waals surface area contributed by atoms with Crippen LogP contribution < -0.4 is 4.72 Å². The zero-order valence-electron chi connectivity index (χ0n) is 13.5. The summed E-state index contributed by atoms with van der Waals surface area (Å²) in [5.74, 6) is -0.337. The lowest BCUT2D eigenvalue weighted by Crippen LogP contribution is -2.23. The third kappa shape index (κ3) is 5.49. The molecule has 0 aliphatic heterocycles. The van der Waals surface area contributed by atoms with Crippen LogP contribution >= 0.6 is 23.2 Å². The fraction of sp³-hybridized carbons (Fsp3) is 0.118. The first kappa shape index (κ1) is 19.3. The topological polar surface area (TPSA) is 66.5 Å². The van der Waals surface area contributed by atoms with Gasteiger partial charge in [0.2, 0.25) is 0 Å². The van der Waals surface area contributed by atoms with E-state index >= 15 is 0 Å². The van der Waals surface area contributed by atoms with Gasteiger partial charge in [0.1, 0.15) is 0 Å². The maximum Gasteiger partial charge on any atom is 0.255 e. The van der Waals surface area contributed by atoms with Crippen molar-refractivity contribution in [1.82, 2.24) is 4.90 Å². The fourth-order valence-corrected chi connectivity index (χ4v) is 3.14. The van der Waals surface area contributed by atoms with Crippen LogP contribution in [0.3, 0.4) is 0 Å². The summed E-state index contributed by atoms with van der Waals surface area (Å²) in [4.78, 5) is 13.5. The summed E-state index contributed by atoms with van der Waals surface area (Å²) in [5.41, 5.74) is 0.996. The summed E-state index contributed by atoms with van der Waals surface area (Å²) in [6.07, 6.45) is 1.43. The SMILES string of the molecule is CN(C)C(=O)c1ccc(Cl)cc1NS(=O)(=O)/C=C/c1ccc(Cl)cc1. The van der Waals surface area contributed by atoms with Crippen molar-refractivity contribution in [2.75, 3.05) is 18.8 Å². The Kier molecular flexibility index (Phi) is 6.11. The van der Waals surface area contributed by atoms with Crippen LogP contribution in [0.25, 0.3) is 6.08 Å². The van der Waals surface area contributed by atoms with Gasteiger partial charge in [0.15, 0.2) is 0 Å². The van der Waals surface area contributed by atoms with Crippen molar-refractivity contribution in [3.8, 4) is 0 Å². The van der Waals surface area contributed by atoms with Crippen molar-refractivity contribution in [3.63, 3.8) is 0 Å². The van der Waals surface area contributed by atoms with Crippen molar-refractivity contribution in [2.24, 2.45) is 0 Å². The molecule has 2 rings (SSSR count). The number of nitrogens with zero attached hydrogens (tertiary/aromatic N) is 1. The van der Waals surface area contributed by atoms with Crippen LogP contribution in [0.15, 0.2) is 47.9 Å². The Balaban J connectivity index is 2.29. The van der Waals surface area contributed by atoms with Crippen molar-refractivity contribution >= 4 is 50.9 Å². The highest BCUT2D eigenvalue weighted by molar-refractivity contribution is 7.95. The monoisotopic (exact) mass is 398 g/mol. The highest BCUT2D eigenvalue weighted by Gasteiger charge is 2.17. The summed E-state index contributed by atoms with van der Waals surface area (Å²) in [6, 6.07) is 11.1. The van der Waals surface area contributed by atoms with Gasteiger partial charge in [0.25, 0.3) is 15.9 Å². The normalized spacial score (nSPS) is 11.5. The summed E-state index contributed by atoms with van der Waals surface area (Å²) in [7, 11) is -0.676. The molecule has 0 aliphatic rings. The van der Waals surface area contributed by atoms with E-state index in [2.05, 4.69) is 4.72 Å². The molecule has 0 spiro atoms. The minimum Gasteiger partial charge on any atom is -0.345 e. The van der Waals surface area contributed by atoms with Crippen LogP contribution in [0.5, 0.6) is 0 Å². The second-order valence-corrected chi connectivity index (χ2v) is 7.83. The van der Waals surface area contributed by atoms with E-state index in [0.29, 0.717) is 15.6 Å². The highest BCUT2D eigenvalue weighted by Crippen LogP contribution is 2.23. The predicted molar refractivity (Wildman–Crippen MR) is 102 cm³/mol. The molecule has 1 N–H and O–H groups in total. The lowest BCUT2D eigenvalue weighted by atomic mass is 10.1. The van der Waals surface area contributed by atoms with E-state index in [1.807, 2.05) is 0 Å². The van der Waals surface area contributed by atoms with E-state index in [1.54, 1.807) is 38.4 Å². The smallest absolute Gasteiger partial charge is 0.255 e. The van der Waals surface area contributed by atoms with Gasteiger partial charge in [0.05, 0.1) is 16.7 Å². The molecule has 0 heterocycles. The number of hydrogen-bond acceptors (Lipinski definition) is 3. The molecule has 0 bridgehead atoms. The predicted octanol–water partition coefficient (Wildman–Crippen LogP) is 4.11. The Morgan fingerprint density at radius 3 is 2.24 bits per heavy atom. The van der Waals surface area contributed by atoms with Gasteiger partial charge < -0.3 is 4.90 Å². The molecule has 2 aromatic rings. The zero-order chi connectivity index (χ0) is 18.6. The average Bonchev–Trinajstić information content (AvgIpc) is 2.53. The van der Waals surface area contributed by atoms with Crippen LogP contribution in [0.4, 0.5) is 5.69 Å². The molecular weight excluding hydrogens is 383 g/mol. The summed E-state index contributed by atoms with van der Waals surface area (Å²) in [6.45, 7) is 0. The molecule has 0 atom stereocenters. The molecule has 0 aliphatic carbocycles. The Hall–Kier alpha value is -2.02. The molecule has 0 unspecified atom stereocenters. The van der Waals surface area contributed by atoms with Crippen LogP contribution in [-0.2, 0) is 10.0 Å². The fourth-order valence-electron chi connectivity index (χ4n) is 1.96. The summed E-state index contributed by atoms with van der Waals surface area (Å²) in [5, 5.41) is 1.89. The number of amides is 1. The van der Waals surface area contributed by atoms with E-state index < -0.39 is 10.0 Å². The molecule has 1 amide bonds.